The summed E-state index contributed by atoms with van der Waals surface area (Å²) in [6.45, 7) is 6.90. The van der Waals surface area contributed by atoms with E-state index in [2.05, 4.69) is 17.2 Å². The van der Waals surface area contributed by atoms with E-state index < -0.39 is 0 Å². The summed E-state index contributed by atoms with van der Waals surface area (Å²) in [6.07, 6.45) is 1.92. The maximum atomic E-state index is 12.5. The Morgan fingerprint density at radius 3 is 3.20 bits per heavy atom. The van der Waals surface area contributed by atoms with Gasteiger partial charge in [-0.15, -0.1) is 0 Å². The van der Waals surface area contributed by atoms with Crippen LogP contribution in [0.25, 0.3) is 0 Å². The molecule has 7 heteroatoms. The summed E-state index contributed by atoms with van der Waals surface area (Å²) in [5.41, 5.74) is 5.87. The summed E-state index contributed by atoms with van der Waals surface area (Å²) < 4.78 is 5.56. The monoisotopic (exact) mass is 298 g/mol. The van der Waals surface area contributed by atoms with Gasteiger partial charge in [-0.05, 0) is 19.8 Å². The zero-order chi connectivity index (χ0) is 14.5. The minimum atomic E-state index is -0.0399. The van der Waals surface area contributed by atoms with E-state index in [0.717, 1.165) is 19.4 Å². The molecule has 1 aliphatic heterocycles. The smallest absolute Gasteiger partial charge is 0.267 e. The molecule has 0 saturated carbocycles. The highest BCUT2D eigenvalue weighted by atomic mass is 32.1. The number of anilines is 2. The highest BCUT2D eigenvalue weighted by Gasteiger charge is 2.25. The first-order valence-corrected chi connectivity index (χ1v) is 7.84. The lowest BCUT2D eigenvalue weighted by molar-refractivity contribution is 0.0566. The first-order valence-electron chi connectivity index (χ1n) is 7.02. The lowest BCUT2D eigenvalue weighted by Crippen LogP contribution is -2.35. The van der Waals surface area contributed by atoms with Gasteiger partial charge in [0.25, 0.3) is 5.91 Å². The molecule has 1 aromatic rings. The molecule has 6 nitrogen and oxygen atoms in total. The van der Waals surface area contributed by atoms with Crippen molar-refractivity contribution in [3.05, 3.63) is 4.88 Å². The number of nitrogens with zero attached hydrogens (tertiary/aromatic N) is 2. The summed E-state index contributed by atoms with van der Waals surface area (Å²) in [7, 11) is 0. The van der Waals surface area contributed by atoms with E-state index in [-0.39, 0.29) is 12.0 Å². The topological polar surface area (TPSA) is 80.5 Å². The van der Waals surface area contributed by atoms with Gasteiger partial charge in [0.05, 0.1) is 6.10 Å². The predicted molar refractivity (Wildman–Crippen MR) is 81.2 cm³/mol. The summed E-state index contributed by atoms with van der Waals surface area (Å²) in [5.74, 6) is 0.276. The van der Waals surface area contributed by atoms with Crippen molar-refractivity contribution in [2.45, 2.75) is 32.8 Å². The summed E-state index contributed by atoms with van der Waals surface area (Å²) in [4.78, 5) is 19.1. The molecule has 0 bridgehead atoms. The fraction of sp³-hybridized carbons (Fsp3) is 0.692. The second-order valence-electron chi connectivity index (χ2n) is 4.95. The van der Waals surface area contributed by atoms with Crippen LogP contribution < -0.4 is 11.1 Å². The number of nitrogen functional groups attached to an aromatic ring is 1. The van der Waals surface area contributed by atoms with Crippen LogP contribution in [-0.2, 0) is 4.74 Å². The average molecular weight is 298 g/mol. The van der Waals surface area contributed by atoms with Gasteiger partial charge in [-0.25, -0.2) is 4.98 Å². The Labute approximate surface area is 123 Å². The Bertz CT molecular complexity index is 463. The zero-order valence-corrected chi connectivity index (χ0v) is 12.8. The van der Waals surface area contributed by atoms with E-state index in [9.17, 15) is 4.79 Å². The molecule has 2 heterocycles. The van der Waals surface area contributed by atoms with Gasteiger partial charge in [-0.3, -0.25) is 4.79 Å². The van der Waals surface area contributed by atoms with Crippen molar-refractivity contribution in [3.8, 4) is 0 Å². The molecule has 1 aromatic heterocycles. The van der Waals surface area contributed by atoms with Crippen LogP contribution in [0.2, 0.25) is 0 Å². The van der Waals surface area contributed by atoms with Crippen LogP contribution in [0.4, 0.5) is 10.9 Å². The molecule has 2 rings (SSSR count). The first kappa shape index (κ1) is 15.1. The Hall–Kier alpha value is -1.34. The molecule has 0 spiro atoms. The Morgan fingerprint density at radius 2 is 2.45 bits per heavy atom. The third kappa shape index (κ3) is 3.61. The quantitative estimate of drug-likeness (QED) is 0.886. The maximum absolute atomic E-state index is 12.5. The average Bonchev–Trinajstić information content (AvgIpc) is 2.65. The number of hydrogen-bond donors (Lipinski definition) is 2. The number of hydrogen-bond acceptors (Lipinski definition) is 6. The highest BCUT2D eigenvalue weighted by molar-refractivity contribution is 7.18. The van der Waals surface area contributed by atoms with Crippen LogP contribution in [-0.4, -0.2) is 48.1 Å². The normalized spacial score (nSPS) is 19.7. The zero-order valence-electron chi connectivity index (χ0n) is 12.0. The minimum absolute atomic E-state index is 0.0399. The summed E-state index contributed by atoms with van der Waals surface area (Å²) in [6, 6.07) is 0. The second-order valence-corrected chi connectivity index (χ2v) is 5.95. The molecule has 3 N–H and O–H groups in total. The van der Waals surface area contributed by atoms with Gasteiger partial charge in [0.15, 0.2) is 5.13 Å². The molecular weight excluding hydrogens is 276 g/mol. The van der Waals surface area contributed by atoms with Gasteiger partial charge < -0.3 is 20.7 Å². The molecule has 0 aromatic carbocycles. The van der Waals surface area contributed by atoms with E-state index in [1.165, 1.54) is 11.3 Å². The van der Waals surface area contributed by atoms with Gasteiger partial charge in [-0.1, -0.05) is 18.3 Å². The van der Waals surface area contributed by atoms with Crippen molar-refractivity contribution in [2.24, 2.45) is 0 Å². The highest BCUT2D eigenvalue weighted by Crippen LogP contribution is 2.27. The number of carbonyl (C=O) groups excluding carboxylic acids is 1. The van der Waals surface area contributed by atoms with Crippen molar-refractivity contribution in [3.63, 3.8) is 0 Å². The van der Waals surface area contributed by atoms with Crippen molar-refractivity contribution in [1.29, 1.82) is 0 Å². The van der Waals surface area contributed by atoms with Crippen LogP contribution in [0.3, 0.4) is 0 Å². The lowest BCUT2D eigenvalue weighted by Gasteiger charge is -2.21. The van der Waals surface area contributed by atoms with Crippen molar-refractivity contribution < 1.29 is 9.53 Å². The van der Waals surface area contributed by atoms with Gasteiger partial charge in [0, 0.05) is 26.2 Å². The molecule has 1 amide bonds. The van der Waals surface area contributed by atoms with Crippen LogP contribution in [0.1, 0.15) is 36.4 Å². The first-order chi connectivity index (χ1) is 9.61. The molecule has 0 aliphatic carbocycles. The number of aromatic nitrogens is 1. The number of thiazole rings is 1. The second kappa shape index (κ2) is 6.90. The lowest BCUT2D eigenvalue weighted by atomic mass is 10.3. The van der Waals surface area contributed by atoms with E-state index in [0.29, 0.717) is 35.5 Å². The third-order valence-electron chi connectivity index (χ3n) is 3.11. The Balaban J connectivity index is 2.09. The van der Waals surface area contributed by atoms with Gasteiger partial charge in [0.1, 0.15) is 10.7 Å². The van der Waals surface area contributed by atoms with E-state index >= 15 is 0 Å². The number of nitrogens with two attached hydrogens (primary N) is 1. The molecule has 112 valence electrons. The van der Waals surface area contributed by atoms with E-state index in [1.807, 2.05) is 11.8 Å². The summed E-state index contributed by atoms with van der Waals surface area (Å²) >= 11 is 1.33. The van der Waals surface area contributed by atoms with E-state index in [4.69, 9.17) is 10.5 Å². The number of ether oxygens (including phenoxy) is 1. The summed E-state index contributed by atoms with van der Waals surface area (Å²) in [5, 5.41) is 3.88. The van der Waals surface area contributed by atoms with E-state index in [1.54, 1.807) is 0 Å². The third-order valence-corrected chi connectivity index (χ3v) is 4.13. The molecule has 1 atom stereocenters. The van der Waals surface area contributed by atoms with Crippen LogP contribution in [0, 0.1) is 0 Å². The molecule has 1 aliphatic rings. The number of nitrogens with one attached hydrogen (secondary N) is 1. The number of rotatable bonds is 4. The minimum Gasteiger partial charge on any atom is -0.382 e. The molecule has 1 fully saturated rings. The Kier molecular flexibility index (Phi) is 5.19. The van der Waals surface area contributed by atoms with Crippen molar-refractivity contribution in [1.82, 2.24) is 9.88 Å². The Morgan fingerprint density at radius 1 is 1.65 bits per heavy atom. The number of carbonyl (C=O) groups is 1. The molecule has 0 radical (unpaired) electrons. The SMILES string of the molecule is CCCNc1nc(N)c(C(=O)N2CCCOC(C)C2)s1. The molecular formula is C13H22N4O2S. The fourth-order valence-electron chi connectivity index (χ4n) is 2.12. The van der Waals surface area contributed by atoms with Gasteiger partial charge in [-0.2, -0.15) is 0 Å². The molecule has 1 saturated heterocycles. The predicted octanol–water partition coefficient (Wildman–Crippen LogP) is 1.80. The number of amides is 1. The fourth-order valence-corrected chi connectivity index (χ4v) is 2.99. The molecule has 20 heavy (non-hydrogen) atoms. The standard InChI is InChI=1S/C13H22N4O2S/c1-3-5-15-13-16-11(14)10(20-13)12(18)17-6-4-7-19-9(2)8-17/h9H,3-8,14H2,1-2H3,(H,15,16). The molecule has 1 unspecified atom stereocenters. The van der Waals surface area contributed by atoms with Crippen LogP contribution in [0.5, 0.6) is 0 Å². The van der Waals surface area contributed by atoms with Gasteiger partial charge in [0.2, 0.25) is 0 Å². The largest absolute Gasteiger partial charge is 0.382 e. The van der Waals surface area contributed by atoms with Crippen molar-refractivity contribution >= 4 is 28.2 Å². The maximum Gasteiger partial charge on any atom is 0.267 e. The van der Waals surface area contributed by atoms with Crippen LogP contribution in [0.15, 0.2) is 0 Å². The van der Waals surface area contributed by atoms with Crippen molar-refractivity contribution in [2.75, 3.05) is 37.3 Å². The van der Waals surface area contributed by atoms with Gasteiger partial charge >= 0.3 is 0 Å². The van der Waals surface area contributed by atoms with Crippen LogP contribution >= 0.6 is 11.3 Å².